The first-order valence-electron chi connectivity index (χ1n) is 13.0. The molecule has 2 amide bonds. The summed E-state index contributed by atoms with van der Waals surface area (Å²) in [7, 11) is 0. The zero-order chi connectivity index (χ0) is 21.9. The number of amides is 2. The van der Waals surface area contributed by atoms with Crippen molar-refractivity contribution in [1.29, 1.82) is 0 Å². The lowest BCUT2D eigenvalue weighted by atomic mass is 10.0. The van der Waals surface area contributed by atoms with Gasteiger partial charge in [-0.2, -0.15) is 0 Å². The van der Waals surface area contributed by atoms with Crippen LogP contribution in [0.15, 0.2) is 0 Å². The summed E-state index contributed by atoms with van der Waals surface area (Å²) in [6.45, 7) is 4.42. The molecule has 0 radical (unpaired) electrons. The molecule has 3 N–H and O–H groups in total. The van der Waals surface area contributed by atoms with Crippen molar-refractivity contribution in [2.45, 2.75) is 129 Å². The van der Waals surface area contributed by atoms with Crippen LogP contribution in [0, 0.1) is 0 Å². The predicted molar refractivity (Wildman–Crippen MR) is 126 cm³/mol. The van der Waals surface area contributed by atoms with E-state index >= 15 is 0 Å². The maximum atomic E-state index is 13.0. The number of hydrogen-bond acceptors (Lipinski definition) is 4. The minimum absolute atomic E-state index is 0.00519. The predicted octanol–water partition coefficient (Wildman–Crippen LogP) is 5.31. The van der Waals surface area contributed by atoms with Gasteiger partial charge in [-0.05, 0) is 45.2 Å². The summed E-state index contributed by atoms with van der Waals surface area (Å²) in [6.07, 6.45) is 20.1. The third-order valence-electron chi connectivity index (χ3n) is 6.26. The second-order valence-electron chi connectivity index (χ2n) is 9.02. The first kappa shape index (κ1) is 27.1. The fourth-order valence-electron chi connectivity index (χ4n) is 4.27. The number of rotatable bonds is 18. The molecule has 0 unspecified atom stereocenters. The Labute approximate surface area is 185 Å². The fraction of sp³-hybridized carbons (Fsp3) is 0.920. The molecule has 30 heavy (non-hydrogen) atoms. The van der Waals surface area contributed by atoms with E-state index in [9.17, 15) is 9.59 Å². The van der Waals surface area contributed by atoms with E-state index in [2.05, 4.69) is 12.2 Å². The largest absolute Gasteiger partial charge is 0.330 e. The van der Waals surface area contributed by atoms with Gasteiger partial charge in [-0.25, -0.2) is 0 Å². The molecule has 1 heterocycles. The highest BCUT2D eigenvalue weighted by Gasteiger charge is 2.28. The molecule has 0 bridgehead atoms. The molecule has 5 heteroatoms. The Morgan fingerprint density at radius 1 is 0.833 bits per heavy atom. The minimum Gasteiger partial charge on any atom is -0.330 e. The van der Waals surface area contributed by atoms with Crippen molar-refractivity contribution >= 4 is 11.8 Å². The lowest BCUT2D eigenvalue weighted by Crippen LogP contribution is -2.50. The van der Waals surface area contributed by atoms with Gasteiger partial charge in [0.25, 0.3) is 0 Å². The highest BCUT2D eigenvalue weighted by Crippen LogP contribution is 2.15. The van der Waals surface area contributed by atoms with E-state index in [0.717, 1.165) is 64.3 Å². The summed E-state index contributed by atoms with van der Waals surface area (Å²) < 4.78 is 0. The van der Waals surface area contributed by atoms with Gasteiger partial charge in [0, 0.05) is 13.0 Å². The van der Waals surface area contributed by atoms with E-state index in [1.54, 1.807) is 4.90 Å². The molecule has 5 nitrogen and oxygen atoms in total. The third-order valence-corrected chi connectivity index (χ3v) is 6.26. The maximum Gasteiger partial charge on any atom is 0.246 e. The molecule has 1 fully saturated rings. The molecule has 1 atom stereocenters. The molecular formula is C25H49N3O2. The van der Waals surface area contributed by atoms with Crippen LogP contribution in [-0.2, 0) is 9.59 Å². The zero-order valence-corrected chi connectivity index (χ0v) is 19.8. The van der Waals surface area contributed by atoms with E-state index in [1.165, 1.54) is 51.4 Å². The van der Waals surface area contributed by atoms with Crippen LogP contribution in [0.5, 0.6) is 0 Å². The van der Waals surface area contributed by atoms with Crippen LogP contribution < -0.4 is 11.1 Å². The maximum absolute atomic E-state index is 13.0. The van der Waals surface area contributed by atoms with Crippen LogP contribution in [-0.4, -0.2) is 42.4 Å². The van der Waals surface area contributed by atoms with Gasteiger partial charge in [-0.3, -0.25) is 14.5 Å². The van der Waals surface area contributed by atoms with Crippen LogP contribution in [0.3, 0.4) is 0 Å². The van der Waals surface area contributed by atoms with Gasteiger partial charge >= 0.3 is 0 Å². The second-order valence-corrected chi connectivity index (χ2v) is 9.02. The topological polar surface area (TPSA) is 75.4 Å². The van der Waals surface area contributed by atoms with Crippen LogP contribution >= 0.6 is 0 Å². The van der Waals surface area contributed by atoms with Gasteiger partial charge < -0.3 is 11.1 Å². The van der Waals surface area contributed by atoms with Crippen molar-refractivity contribution in [3.05, 3.63) is 0 Å². The summed E-state index contributed by atoms with van der Waals surface area (Å²) in [5, 5.41) is 3.31. The van der Waals surface area contributed by atoms with Gasteiger partial charge in [0.15, 0.2) is 0 Å². The first-order valence-corrected chi connectivity index (χ1v) is 13.0. The smallest absolute Gasteiger partial charge is 0.246 e. The number of nitrogens with one attached hydrogen (secondary N) is 1. The molecule has 0 aliphatic carbocycles. The van der Waals surface area contributed by atoms with Crippen molar-refractivity contribution in [2.75, 3.05) is 19.6 Å². The average molecular weight is 424 g/mol. The first-order chi connectivity index (χ1) is 14.7. The Hall–Kier alpha value is -0.940. The van der Waals surface area contributed by atoms with Crippen molar-refractivity contribution in [1.82, 2.24) is 10.2 Å². The monoisotopic (exact) mass is 423 g/mol. The molecule has 0 spiro atoms. The van der Waals surface area contributed by atoms with Gasteiger partial charge in [-0.1, -0.05) is 84.0 Å². The minimum atomic E-state index is -0.167. The number of hydrogen-bond donors (Lipinski definition) is 2. The molecule has 1 aliphatic heterocycles. The van der Waals surface area contributed by atoms with Crippen LogP contribution in [0.1, 0.15) is 122 Å². The van der Waals surface area contributed by atoms with Crippen molar-refractivity contribution in [3.8, 4) is 0 Å². The molecule has 1 rings (SSSR count). The van der Waals surface area contributed by atoms with E-state index in [0.29, 0.717) is 19.5 Å². The van der Waals surface area contributed by atoms with Crippen LogP contribution in [0.4, 0.5) is 0 Å². The van der Waals surface area contributed by atoms with Gasteiger partial charge in [0.1, 0.15) is 0 Å². The molecule has 0 aromatic carbocycles. The van der Waals surface area contributed by atoms with Crippen molar-refractivity contribution in [2.24, 2.45) is 5.73 Å². The fourth-order valence-corrected chi connectivity index (χ4v) is 4.27. The summed E-state index contributed by atoms with van der Waals surface area (Å²) in [5.74, 6) is 0.0383. The Kier molecular flexibility index (Phi) is 17.0. The number of nitrogens with two attached hydrogens (primary N) is 1. The summed E-state index contributed by atoms with van der Waals surface area (Å²) >= 11 is 0. The Balaban J connectivity index is 2.29. The highest BCUT2D eigenvalue weighted by atomic mass is 16.2. The summed E-state index contributed by atoms with van der Waals surface area (Å²) in [5.41, 5.74) is 5.56. The number of carbonyl (C=O) groups excluding carboxylic acids is 2. The average Bonchev–Trinajstić information content (AvgIpc) is 2.77. The molecular weight excluding hydrogens is 374 g/mol. The molecule has 0 aromatic rings. The summed E-state index contributed by atoms with van der Waals surface area (Å²) in [4.78, 5) is 27.4. The van der Waals surface area contributed by atoms with Gasteiger partial charge in [0.2, 0.25) is 11.8 Å². The third kappa shape index (κ3) is 12.7. The molecule has 1 saturated heterocycles. The number of imide groups is 1. The molecule has 176 valence electrons. The molecule has 0 saturated carbocycles. The van der Waals surface area contributed by atoms with E-state index < -0.39 is 0 Å². The normalized spacial score (nSPS) is 16.5. The van der Waals surface area contributed by atoms with E-state index in [4.69, 9.17) is 5.73 Å². The van der Waals surface area contributed by atoms with Crippen molar-refractivity contribution < 1.29 is 9.59 Å². The van der Waals surface area contributed by atoms with E-state index in [1.807, 2.05) is 0 Å². The summed E-state index contributed by atoms with van der Waals surface area (Å²) in [6, 6.07) is -0.167. The SMILES string of the molecule is CCCCCCCCCCCCC(=O)N(CCCCCCN)C(=O)[C@H]1CCCCN1. The molecule has 1 aliphatic rings. The van der Waals surface area contributed by atoms with Gasteiger partial charge in [0.05, 0.1) is 6.04 Å². The van der Waals surface area contributed by atoms with E-state index in [-0.39, 0.29) is 17.9 Å². The van der Waals surface area contributed by atoms with Gasteiger partial charge in [-0.15, -0.1) is 0 Å². The molecule has 0 aromatic heterocycles. The second kappa shape index (κ2) is 18.8. The number of unbranched alkanes of at least 4 members (excludes halogenated alkanes) is 12. The number of carbonyl (C=O) groups is 2. The number of piperidine rings is 1. The zero-order valence-electron chi connectivity index (χ0n) is 19.8. The number of nitrogens with zero attached hydrogens (tertiary/aromatic N) is 1. The quantitative estimate of drug-likeness (QED) is 0.293. The lowest BCUT2D eigenvalue weighted by Gasteiger charge is -2.29. The lowest BCUT2D eigenvalue weighted by molar-refractivity contribution is -0.146. The highest BCUT2D eigenvalue weighted by molar-refractivity contribution is 5.97. The van der Waals surface area contributed by atoms with Crippen LogP contribution in [0.25, 0.3) is 0 Å². The van der Waals surface area contributed by atoms with Crippen LogP contribution in [0.2, 0.25) is 0 Å². The Bertz CT molecular complexity index is 436. The Morgan fingerprint density at radius 3 is 2.03 bits per heavy atom. The van der Waals surface area contributed by atoms with Crippen molar-refractivity contribution in [3.63, 3.8) is 0 Å². The standard InChI is InChI=1S/C25H49N3O2/c1-2-3-4-5-6-7-8-9-10-13-19-24(29)28(22-17-12-11-15-20-26)25(30)23-18-14-16-21-27-23/h23,27H,2-22,26H2,1H3/t23-/m1/s1. The Morgan fingerprint density at radius 2 is 1.43 bits per heavy atom.